The SMILES string of the molecule is CCCCCc1cccc2cc(C=O)ccc12. The van der Waals surface area contributed by atoms with Crippen LogP contribution in [-0.4, -0.2) is 6.29 Å². The van der Waals surface area contributed by atoms with Gasteiger partial charge in [0.2, 0.25) is 0 Å². The van der Waals surface area contributed by atoms with E-state index in [1.54, 1.807) is 0 Å². The number of hydrogen-bond donors (Lipinski definition) is 0. The van der Waals surface area contributed by atoms with Crippen LogP contribution in [0.2, 0.25) is 0 Å². The van der Waals surface area contributed by atoms with E-state index in [-0.39, 0.29) is 0 Å². The molecule has 0 spiro atoms. The molecule has 0 N–H and O–H groups in total. The van der Waals surface area contributed by atoms with Crippen molar-refractivity contribution in [3.05, 3.63) is 47.5 Å². The molecule has 2 aromatic carbocycles. The van der Waals surface area contributed by atoms with E-state index in [4.69, 9.17) is 0 Å². The van der Waals surface area contributed by atoms with Gasteiger partial charge in [0.1, 0.15) is 6.29 Å². The van der Waals surface area contributed by atoms with Crippen molar-refractivity contribution in [1.82, 2.24) is 0 Å². The first-order chi connectivity index (χ1) is 8.35. The Hall–Kier alpha value is -1.63. The molecule has 0 fully saturated rings. The molecule has 0 radical (unpaired) electrons. The molecule has 0 aliphatic rings. The summed E-state index contributed by atoms with van der Waals surface area (Å²) in [4.78, 5) is 10.7. The maximum atomic E-state index is 10.7. The summed E-state index contributed by atoms with van der Waals surface area (Å²) in [5, 5.41) is 2.46. The zero-order chi connectivity index (χ0) is 12.1. The monoisotopic (exact) mass is 226 g/mol. The van der Waals surface area contributed by atoms with Crippen molar-refractivity contribution in [1.29, 1.82) is 0 Å². The van der Waals surface area contributed by atoms with Gasteiger partial charge in [-0.15, -0.1) is 0 Å². The Morgan fingerprint density at radius 2 is 2.00 bits per heavy atom. The Balaban J connectivity index is 2.33. The van der Waals surface area contributed by atoms with Gasteiger partial charge >= 0.3 is 0 Å². The topological polar surface area (TPSA) is 17.1 Å². The van der Waals surface area contributed by atoms with Crippen molar-refractivity contribution < 1.29 is 4.79 Å². The number of rotatable bonds is 5. The van der Waals surface area contributed by atoms with Gasteiger partial charge in [0.15, 0.2) is 0 Å². The Kier molecular flexibility index (Phi) is 3.92. The normalized spacial score (nSPS) is 10.6. The van der Waals surface area contributed by atoms with Gasteiger partial charge in [0.25, 0.3) is 0 Å². The molecule has 0 aromatic heterocycles. The molecule has 2 rings (SSSR count). The largest absolute Gasteiger partial charge is 0.298 e. The molecular formula is C16H18O. The van der Waals surface area contributed by atoms with Gasteiger partial charge in [-0.25, -0.2) is 0 Å². The van der Waals surface area contributed by atoms with Crippen molar-refractivity contribution in [2.24, 2.45) is 0 Å². The minimum atomic E-state index is 0.753. The van der Waals surface area contributed by atoms with Gasteiger partial charge in [-0.05, 0) is 35.2 Å². The molecule has 1 nitrogen and oxygen atoms in total. The first-order valence-corrected chi connectivity index (χ1v) is 6.32. The van der Waals surface area contributed by atoms with Crippen LogP contribution in [0.1, 0.15) is 42.1 Å². The molecular weight excluding hydrogens is 208 g/mol. The number of benzene rings is 2. The molecule has 0 saturated carbocycles. The van der Waals surface area contributed by atoms with Crippen LogP contribution in [0.15, 0.2) is 36.4 Å². The lowest BCUT2D eigenvalue weighted by atomic mass is 9.98. The summed E-state index contributed by atoms with van der Waals surface area (Å²) in [6.07, 6.45) is 5.81. The fraction of sp³-hybridized carbons (Fsp3) is 0.312. The predicted molar refractivity (Wildman–Crippen MR) is 72.6 cm³/mol. The van der Waals surface area contributed by atoms with Gasteiger partial charge in [0.05, 0.1) is 0 Å². The van der Waals surface area contributed by atoms with Crippen LogP contribution in [0.5, 0.6) is 0 Å². The smallest absolute Gasteiger partial charge is 0.150 e. The average molecular weight is 226 g/mol. The first-order valence-electron chi connectivity index (χ1n) is 6.32. The fourth-order valence-electron chi connectivity index (χ4n) is 2.23. The minimum absolute atomic E-state index is 0.753. The molecule has 0 saturated heterocycles. The molecule has 0 unspecified atom stereocenters. The second kappa shape index (κ2) is 5.62. The van der Waals surface area contributed by atoms with Gasteiger partial charge in [-0.3, -0.25) is 4.79 Å². The van der Waals surface area contributed by atoms with E-state index >= 15 is 0 Å². The predicted octanol–water partition coefficient (Wildman–Crippen LogP) is 4.39. The summed E-state index contributed by atoms with van der Waals surface area (Å²) in [5.74, 6) is 0. The number of aryl methyl sites for hydroxylation is 1. The lowest BCUT2D eigenvalue weighted by Crippen LogP contribution is -1.89. The highest BCUT2D eigenvalue weighted by atomic mass is 16.1. The maximum absolute atomic E-state index is 10.7. The molecule has 0 atom stereocenters. The second-order valence-corrected chi connectivity index (χ2v) is 4.47. The zero-order valence-corrected chi connectivity index (χ0v) is 10.3. The molecule has 0 amide bonds. The highest BCUT2D eigenvalue weighted by molar-refractivity contribution is 5.90. The van der Waals surface area contributed by atoms with Crippen LogP contribution in [-0.2, 0) is 6.42 Å². The van der Waals surface area contributed by atoms with Crippen molar-refractivity contribution in [3.63, 3.8) is 0 Å². The molecule has 17 heavy (non-hydrogen) atoms. The van der Waals surface area contributed by atoms with Gasteiger partial charge in [-0.2, -0.15) is 0 Å². The average Bonchev–Trinajstić information content (AvgIpc) is 2.38. The first kappa shape index (κ1) is 11.8. The molecule has 0 aliphatic heterocycles. The summed E-state index contributed by atoms with van der Waals surface area (Å²) >= 11 is 0. The van der Waals surface area contributed by atoms with Gasteiger partial charge in [-0.1, -0.05) is 50.1 Å². The van der Waals surface area contributed by atoms with Crippen molar-refractivity contribution >= 4 is 17.1 Å². The number of aldehydes is 1. The van der Waals surface area contributed by atoms with E-state index in [0.717, 1.165) is 18.3 Å². The van der Waals surface area contributed by atoms with E-state index in [1.165, 1.54) is 35.6 Å². The quantitative estimate of drug-likeness (QED) is 0.546. The van der Waals surface area contributed by atoms with Crippen LogP contribution in [0.3, 0.4) is 0 Å². The maximum Gasteiger partial charge on any atom is 0.150 e. The van der Waals surface area contributed by atoms with E-state index in [9.17, 15) is 4.79 Å². The Morgan fingerprint density at radius 1 is 1.12 bits per heavy atom. The zero-order valence-electron chi connectivity index (χ0n) is 10.3. The Morgan fingerprint density at radius 3 is 2.76 bits per heavy atom. The van der Waals surface area contributed by atoms with Gasteiger partial charge < -0.3 is 0 Å². The molecule has 88 valence electrons. The summed E-state index contributed by atoms with van der Waals surface area (Å²) in [6.45, 7) is 2.22. The number of unbranched alkanes of at least 4 members (excludes halogenated alkanes) is 2. The van der Waals surface area contributed by atoms with Gasteiger partial charge in [0, 0.05) is 5.56 Å². The van der Waals surface area contributed by atoms with E-state index in [1.807, 2.05) is 12.1 Å². The Bertz CT molecular complexity index is 514. The van der Waals surface area contributed by atoms with E-state index in [0.29, 0.717) is 0 Å². The second-order valence-electron chi connectivity index (χ2n) is 4.47. The lowest BCUT2D eigenvalue weighted by molar-refractivity contribution is 0.112. The van der Waals surface area contributed by atoms with Crippen molar-refractivity contribution in [2.75, 3.05) is 0 Å². The van der Waals surface area contributed by atoms with Crippen molar-refractivity contribution in [2.45, 2.75) is 32.6 Å². The third-order valence-electron chi connectivity index (χ3n) is 3.18. The summed E-state index contributed by atoms with van der Waals surface area (Å²) < 4.78 is 0. The highest BCUT2D eigenvalue weighted by Crippen LogP contribution is 2.21. The van der Waals surface area contributed by atoms with Crippen LogP contribution in [0, 0.1) is 0 Å². The number of carbonyl (C=O) groups is 1. The van der Waals surface area contributed by atoms with E-state index in [2.05, 4.69) is 31.2 Å². The third kappa shape index (κ3) is 2.73. The number of carbonyl (C=O) groups excluding carboxylic acids is 1. The molecule has 2 aromatic rings. The summed E-state index contributed by atoms with van der Waals surface area (Å²) in [7, 11) is 0. The van der Waals surface area contributed by atoms with Crippen LogP contribution < -0.4 is 0 Å². The summed E-state index contributed by atoms with van der Waals surface area (Å²) in [6, 6.07) is 12.3. The molecule has 0 aliphatic carbocycles. The fourth-order valence-corrected chi connectivity index (χ4v) is 2.23. The van der Waals surface area contributed by atoms with Crippen LogP contribution in [0.25, 0.3) is 10.8 Å². The third-order valence-corrected chi connectivity index (χ3v) is 3.18. The van der Waals surface area contributed by atoms with Crippen LogP contribution in [0.4, 0.5) is 0 Å². The lowest BCUT2D eigenvalue weighted by Gasteiger charge is -2.06. The van der Waals surface area contributed by atoms with Crippen molar-refractivity contribution in [3.8, 4) is 0 Å². The number of fused-ring (bicyclic) bond motifs is 1. The molecule has 0 heterocycles. The molecule has 1 heteroatoms. The molecule has 0 bridgehead atoms. The number of hydrogen-bond acceptors (Lipinski definition) is 1. The highest BCUT2D eigenvalue weighted by Gasteiger charge is 2.01. The summed E-state index contributed by atoms with van der Waals surface area (Å²) in [5.41, 5.74) is 2.15. The Labute approximate surface area is 102 Å². The minimum Gasteiger partial charge on any atom is -0.298 e. The standard InChI is InChI=1S/C16H18O/c1-2-3-4-6-14-7-5-8-15-11-13(12-17)9-10-16(14)15/h5,7-12H,2-4,6H2,1H3. The van der Waals surface area contributed by atoms with Crippen LogP contribution >= 0.6 is 0 Å². The van der Waals surface area contributed by atoms with E-state index < -0.39 is 0 Å².